The van der Waals surface area contributed by atoms with Gasteiger partial charge in [-0.3, -0.25) is 14.4 Å². The van der Waals surface area contributed by atoms with Crippen molar-refractivity contribution in [2.45, 2.75) is 111 Å². The van der Waals surface area contributed by atoms with E-state index >= 15 is 0 Å². The normalized spacial score (nSPS) is 15.0. The van der Waals surface area contributed by atoms with Crippen molar-refractivity contribution in [3.8, 4) is 0 Å². The predicted molar refractivity (Wildman–Crippen MR) is 186 cm³/mol. The van der Waals surface area contributed by atoms with Gasteiger partial charge in [-0.25, -0.2) is 4.79 Å². The lowest BCUT2D eigenvalue weighted by atomic mass is 9.95. The van der Waals surface area contributed by atoms with E-state index in [0.717, 1.165) is 17.5 Å². The molecule has 2 aromatic rings. The molecule has 6 N–H and O–H groups in total. The Morgan fingerprint density at radius 1 is 0.708 bits per heavy atom. The standard InChI is InChI=1S/C37H56N4O7/c1-7-26(6)32(22-42)38-34(44)21-33(43)29(18-24(2)3)39-35(45)30(19-25(4)5)40-36(46)31(20-27-14-10-8-11-15-27)41-37(47)48-23-28-16-12-9-13-17-28/h8-17,24-26,29-33,42-43H,7,18-23H2,1-6H3,(H,38,44)(H,39,45)(H,40,46)(H,41,47)/t26?,29?,30-,31-,32+,33?/m0/s1. The molecule has 0 aliphatic rings. The number of benzene rings is 2. The first-order valence-electron chi connectivity index (χ1n) is 17.0. The summed E-state index contributed by atoms with van der Waals surface area (Å²) in [6, 6.07) is 15.2. The number of ether oxygens (including phenoxy) is 1. The van der Waals surface area contributed by atoms with Crippen molar-refractivity contribution in [1.29, 1.82) is 0 Å². The fourth-order valence-electron chi connectivity index (χ4n) is 5.30. The highest BCUT2D eigenvalue weighted by molar-refractivity contribution is 5.91. The number of carbonyl (C=O) groups excluding carboxylic acids is 4. The topological polar surface area (TPSA) is 166 Å². The molecule has 0 aliphatic carbocycles. The smallest absolute Gasteiger partial charge is 0.408 e. The lowest BCUT2D eigenvalue weighted by Crippen LogP contribution is -2.57. The summed E-state index contributed by atoms with van der Waals surface area (Å²) in [6.45, 7) is 11.4. The van der Waals surface area contributed by atoms with E-state index in [4.69, 9.17) is 4.74 Å². The number of nitrogens with one attached hydrogen (secondary N) is 4. The molecule has 4 amide bonds. The maximum atomic E-state index is 13.7. The molecule has 0 radical (unpaired) electrons. The average molecular weight is 669 g/mol. The van der Waals surface area contributed by atoms with Crippen LogP contribution in [0.4, 0.5) is 4.79 Å². The molecule has 0 aliphatic heterocycles. The van der Waals surface area contributed by atoms with Crippen molar-refractivity contribution < 1.29 is 34.1 Å². The molecule has 0 saturated heterocycles. The van der Waals surface area contributed by atoms with Gasteiger partial charge in [0.15, 0.2) is 0 Å². The zero-order valence-electron chi connectivity index (χ0n) is 29.3. The number of hydrogen-bond donors (Lipinski definition) is 6. The van der Waals surface area contributed by atoms with Gasteiger partial charge in [-0.1, -0.05) is 109 Å². The third kappa shape index (κ3) is 14.9. The number of hydrogen-bond acceptors (Lipinski definition) is 7. The van der Waals surface area contributed by atoms with E-state index in [1.54, 1.807) is 0 Å². The molecule has 0 fully saturated rings. The van der Waals surface area contributed by atoms with Crippen LogP contribution in [0.3, 0.4) is 0 Å². The fraction of sp³-hybridized carbons (Fsp3) is 0.568. The second-order valence-corrected chi connectivity index (χ2v) is 13.4. The molecule has 11 heteroatoms. The van der Waals surface area contributed by atoms with Gasteiger partial charge < -0.3 is 36.2 Å². The van der Waals surface area contributed by atoms with E-state index in [1.807, 2.05) is 102 Å². The fourth-order valence-corrected chi connectivity index (χ4v) is 5.30. The summed E-state index contributed by atoms with van der Waals surface area (Å²) in [5, 5.41) is 32.0. The van der Waals surface area contributed by atoms with Gasteiger partial charge in [-0.2, -0.15) is 0 Å². The van der Waals surface area contributed by atoms with Gasteiger partial charge in [0.2, 0.25) is 17.7 Å². The molecule has 0 spiro atoms. The summed E-state index contributed by atoms with van der Waals surface area (Å²) in [4.78, 5) is 53.0. The van der Waals surface area contributed by atoms with Crippen molar-refractivity contribution in [3.05, 3.63) is 71.8 Å². The molecule has 0 bridgehead atoms. The number of carbonyl (C=O) groups is 4. The Balaban J connectivity index is 2.18. The van der Waals surface area contributed by atoms with Gasteiger partial charge in [-0.15, -0.1) is 0 Å². The molecular weight excluding hydrogens is 612 g/mol. The zero-order valence-corrected chi connectivity index (χ0v) is 29.3. The van der Waals surface area contributed by atoms with Crippen LogP contribution in [0.15, 0.2) is 60.7 Å². The summed E-state index contributed by atoms with van der Waals surface area (Å²) in [5.41, 5.74) is 1.60. The third-order valence-corrected chi connectivity index (χ3v) is 8.23. The molecule has 0 saturated carbocycles. The van der Waals surface area contributed by atoms with Crippen molar-refractivity contribution in [3.63, 3.8) is 0 Å². The van der Waals surface area contributed by atoms with Crippen molar-refractivity contribution in [1.82, 2.24) is 21.3 Å². The van der Waals surface area contributed by atoms with Gasteiger partial charge in [0.25, 0.3) is 0 Å². The van der Waals surface area contributed by atoms with E-state index in [-0.39, 0.29) is 43.8 Å². The van der Waals surface area contributed by atoms with Crippen LogP contribution in [0.25, 0.3) is 0 Å². The second-order valence-electron chi connectivity index (χ2n) is 13.4. The van der Waals surface area contributed by atoms with Gasteiger partial charge in [0, 0.05) is 6.42 Å². The van der Waals surface area contributed by atoms with Gasteiger partial charge >= 0.3 is 6.09 Å². The van der Waals surface area contributed by atoms with Crippen molar-refractivity contribution >= 4 is 23.8 Å². The Morgan fingerprint density at radius 3 is 1.81 bits per heavy atom. The monoisotopic (exact) mass is 668 g/mol. The van der Waals surface area contributed by atoms with Crippen LogP contribution in [-0.2, 0) is 32.1 Å². The average Bonchev–Trinajstić information content (AvgIpc) is 3.05. The van der Waals surface area contributed by atoms with Crippen molar-refractivity contribution in [2.24, 2.45) is 17.8 Å². The van der Waals surface area contributed by atoms with E-state index in [9.17, 15) is 29.4 Å². The Morgan fingerprint density at radius 2 is 1.27 bits per heavy atom. The van der Waals surface area contributed by atoms with E-state index in [1.165, 1.54) is 0 Å². The minimum absolute atomic E-state index is 0.0210. The first-order valence-corrected chi connectivity index (χ1v) is 17.0. The zero-order chi connectivity index (χ0) is 35.6. The highest BCUT2D eigenvalue weighted by atomic mass is 16.5. The molecule has 3 unspecified atom stereocenters. The minimum Gasteiger partial charge on any atom is -0.445 e. The van der Waals surface area contributed by atoms with Crippen LogP contribution < -0.4 is 21.3 Å². The molecular formula is C37H56N4O7. The maximum Gasteiger partial charge on any atom is 0.408 e. The number of rotatable bonds is 20. The first-order chi connectivity index (χ1) is 22.8. The Kier molecular flexibility index (Phi) is 17.7. The number of alkyl carbamates (subject to hydrolysis) is 1. The highest BCUT2D eigenvalue weighted by Crippen LogP contribution is 2.15. The predicted octanol–water partition coefficient (Wildman–Crippen LogP) is 3.86. The molecule has 2 aromatic carbocycles. The van der Waals surface area contributed by atoms with E-state index in [2.05, 4.69) is 21.3 Å². The summed E-state index contributed by atoms with van der Waals surface area (Å²) in [7, 11) is 0. The lowest BCUT2D eigenvalue weighted by molar-refractivity contribution is -0.132. The summed E-state index contributed by atoms with van der Waals surface area (Å²) in [5.74, 6) is -1.33. The highest BCUT2D eigenvalue weighted by Gasteiger charge is 2.32. The lowest BCUT2D eigenvalue weighted by Gasteiger charge is -2.30. The number of aliphatic hydroxyl groups is 2. The van der Waals surface area contributed by atoms with Crippen LogP contribution >= 0.6 is 0 Å². The van der Waals surface area contributed by atoms with Crippen LogP contribution in [-0.4, -0.2) is 70.9 Å². The Hall–Kier alpha value is -3.96. The van der Waals surface area contributed by atoms with Crippen LogP contribution in [0.2, 0.25) is 0 Å². The number of amides is 4. The molecule has 48 heavy (non-hydrogen) atoms. The minimum atomic E-state index is -1.20. The molecule has 0 aromatic heterocycles. The largest absolute Gasteiger partial charge is 0.445 e. The summed E-state index contributed by atoms with van der Waals surface area (Å²) >= 11 is 0. The molecule has 11 nitrogen and oxygen atoms in total. The molecule has 266 valence electrons. The summed E-state index contributed by atoms with van der Waals surface area (Å²) in [6.07, 6.45) is -0.614. The van der Waals surface area contributed by atoms with E-state index in [0.29, 0.717) is 12.8 Å². The van der Waals surface area contributed by atoms with Gasteiger partial charge in [-0.05, 0) is 41.7 Å². The molecule has 6 atom stereocenters. The van der Waals surface area contributed by atoms with Crippen LogP contribution in [0, 0.1) is 17.8 Å². The third-order valence-electron chi connectivity index (χ3n) is 8.23. The van der Waals surface area contributed by atoms with Gasteiger partial charge in [0.1, 0.15) is 18.7 Å². The number of aliphatic hydroxyl groups excluding tert-OH is 2. The quantitative estimate of drug-likeness (QED) is 0.125. The first kappa shape index (κ1) is 40.2. The Labute approximate surface area is 285 Å². The van der Waals surface area contributed by atoms with E-state index < -0.39 is 54.1 Å². The summed E-state index contributed by atoms with van der Waals surface area (Å²) < 4.78 is 5.38. The van der Waals surface area contributed by atoms with Crippen molar-refractivity contribution in [2.75, 3.05) is 6.61 Å². The maximum absolute atomic E-state index is 13.7. The second kappa shape index (κ2) is 21.1. The Bertz CT molecular complexity index is 1260. The van der Waals surface area contributed by atoms with Crippen LogP contribution in [0.5, 0.6) is 0 Å². The van der Waals surface area contributed by atoms with Crippen LogP contribution in [0.1, 0.15) is 78.4 Å². The van der Waals surface area contributed by atoms with Gasteiger partial charge in [0.05, 0.1) is 31.2 Å². The molecule has 0 heterocycles. The molecule has 2 rings (SSSR count). The SMILES string of the molecule is CCC(C)[C@@H](CO)NC(=O)CC(O)C(CC(C)C)NC(=O)[C@H](CC(C)C)NC(=O)[C@H](Cc1ccccc1)NC(=O)OCc1ccccc1.